The van der Waals surface area contributed by atoms with Gasteiger partial charge in [-0.05, 0) is 117 Å². The number of pyridine rings is 1. The van der Waals surface area contributed by atoms with Crippen LogP contribution in [0.15, 0.2) is 164 Å². The molecule has 10 aromatic rings. The molecule has 1 N–H and O–H groups in total. The molecule has 3 aromatic heterocycles. The predicted molar refractivity (Wildman–Crippen MR) is 243 cm³/mol. The van der Waals surface area contributed by atoms with Crippen molar-refractivity contribution in [3.63, 3.8) is 0 Å². The van der Waals surface area contributed by atoms with Crippen LogP contribution in [0, 0.1) is 0 Å². The van der Waals surface area contributed by atoms with Crippen LogP contribution in [0.3, 0.4) is 0 Å². The molecule has 4 heterocycles. The number of para-hydroxylation sites is 1. The van der Waals surface area contributed by atoms with Crippen molar-refractivity contribution < 1.29 is 9.30 Å². The Bertz CT molecular complexity index is 3360. The number of nitrogens with one attached hydrogen (secondary N) is 1. The number of aromatic nitrogens is 3. The highest BCUT2D eigenvalue weighted by Gasteiger charge is 2.45. The van der Waals surface area contributed by atoms with Crippen LogP contribution in [-0.2, 0) is 11.1 Å². The lowest BCUT2D eigenvalue weighted by Gasteiger charge is -2.33. The number of fused-ring (bicyclic) bond motifs is 12. The Balaban J connectivity index is 0.998. The zero-order chi connectivity index (χ0) is 39.6. The fourth-order valence-corrected chi connectivity index (χ4v) is 10.5. The maximum absolute atomic E-state index is 6.80. The van der Waals surface area contributed by atoms with Gasteiger partial charge in [-0.3, -0.25) is 0 Å². The minimum absolute atomic E-state index is 0.0342. The second kappa shape index (κ2) is 12.3. The molecule has 0 amide bonds. The quantitative estimate of drug-likeness (QED) is 0.174. The topological polar surface area (TPSA) is 33.8 Å². The first kappa shape index (κ1) is 34.2. The number of nitrogens with zero attached hydrogens (tertiary/aromatic N) is 2. The highest BCUT2D eigenvalue weighted by Crippen LogP contribution is 2.50. The lowest BCUT2D eigenvalue weighted by Crippen LogP contribution is -2.62. The molecule has 0 unspecified atom stereocenters. The Hall–Kier alpha value is -6.91. The Morgan fingerprint density at radius 1 is 0.525 bits per heavy atom. The highest BCUT2D eigenvalue weighted by atomic mass is 16.5. The Labute approximate surface area is 344 Å². The van der Waals surface area contributed by atoms with E-state index in [4.69, 9.17) is 4.74 Å². The first-order valence-electron chi connectivity index (χ1n) is 21.0. The summed E-state index contributed by atoms with van der Waals surface area (Å²) in [6.45, 7) is 9.12. The maximum Gasteiger partial charge on any atom is 0.311 e. The van der Waals surface area contributed by atoms with Gasteiger partial charge in [0.05, 0.1) is 16.6 Å². The molecule has 1 aliphatic heterocycles. The SMILES string of the molecule is CCC1(CC)Oc2ccc(-c3ccc4c(c3)c3ccc(-c5ccc6[nH]c7cc8c(cc7c6c5)-c5ccccc5C8(C)C)cc3n4-c3ccccc3)cc2-c2cccc[n+]21. The molecule has 1 aliphatic carbocycles. The number of hydrogen-bond donors (Lipinski definition) is 1. The summed E-state index contributed by atoms with van der Waals surface area (Å²) in [6.07, 6.45) is 3.95. The van der Waals surface area contributed by atoms with Gasteiger partial charge in [-0.2, -0.15) is 4.57 Å². The van der Waals surface area contributed by atoms with Gasteiger partial charge in [0.25, 0.3) is 0 Å². The van der Waals surface area contributed by atoms with Crippen LogP contribution in [0.1, 0.15) is 51.7 Å². The summed E-state index contributed by atoms with van der Waals surface area (Å²) in [7, 11) is 0. The molecule has 2 aliphatic rings. The van der Waals surface area contributed by atoms with E-state index in [0.29, 0.717) is 0 Å². The minimum atomic E-state index is -0.381. The Kier molecular flexibility index (Phi) is 7.12. The normalized spacial score (nSPS) is 14.6. The zero-order valence-electron chi connectivity index (χ0n) is 33.8. The van der Waals surface area contributed by atoms with E-state index < -0.39 is 0 Å². The van der Waals surface area contributed by atoms with Crippen molar-refractivity contribution in [2.24, 2.45) is 0 Å². The van der Waals surface area contributed by atoms with Gasteiger partial charge in [0.2, 0.25) is 5.69 Å². The molecular weight excluding hydrogens is 719 g/mol. The summed E-state index contributed by atoms with van der Waals surface area (Å²) in [4.78, 5) is 3.77. The first-order valence-corrected chi connectivity index (χ1v) is 21.0. The average molecular weight is 763 g/mol. The van der Waals surface area contributed by atoms with Crippen LogP contribution in [0.25, 0.3) is 93.9 Å². The number of hydrogen-bond acceptors (Lipinski definition) is 1. The number of rotatable bonds is 5. The number of benzene rings is 7. The third kappa shape index (κ3) is 4.80. The van der Waals surface area contributed by atoms with Gasteiger partial charge in [0, 0.05) is 68.7 Å². The van der Waals surface area contributed by atoms with Gasteiger partial charge >= 0.3 is 5.72 Å². The zero-order valence-corrected chi connectivity index (χ0v) is 33.8. The fraction of sp³-hybridized carbons (Fsp3) is 0.145. The van der Waals surface area contributed by atoms with Crippen LogP contribution >= 0.6 is 0 Å². The molecule has 0 saturated heterocycles. The van der Waals surface area contributed by atoms with Crippen molar-refractivity contribution in [3.05, 3.63) is 175 Å². The number of aromatic amines is 1. The van der Waals surface area contributed by atoms with Crippen molar-refractivity contribution in [1.29, 1.82) is 0 Å². The lowest BCUT2D eigenvalue weighted by atomic mass is 9.82. The van der Waals surface area contributed by atoms with Crippen molar-refractivity contribution in [2.45, 2.75) is 51.7 Å². The summed E-state index contributed by atoms with van der Waals surface area (Å²) in [6, 6.07) is 58.5. The van der Waals surface area contributed by atoms with Crippen LogP contribution < -0.4 is 9.30 Å². The van der Waals surface area contributed by atoms with Crippen molar-refractivity contribution in [3.8, 4) is 56.1 Å². The van der Waals surface area contributed by atoms with Crippen LogP contribution in [0.4, 0.5) is 0 Å². The van der Waals surface area contributed by atoms with E-state index in [1.54, 1.807) is 0 Å². The van der Waals surface area contributed by atoms with Crippen LogP contribution in [-0.4, -0.2) is 9.55 Å². The molecule has 0 bridgehead atoms. The molecular formula is C55H44N3O+. The third-order valence-electron chi connectivity index (χ3n) is 13.7. The number of H-pyrrole nitrogens is 1. The summed E-state index contributed by atoms with van der Waals surface area (Å²) in [5.41, 5.74) is 18.0. The minimum Gasteiger partial charge on any atom is -0.430 e. The second-order valence-electron chi connectivity index (χ2n) is 17.1. The van der Waals surface area contributed by atoms with Crippen molar-refractivity contribution in [2.75, 3.05) is 0 Å². The Morgan fingerprint density at radius 2 is 1.22 bits per heavy atom. The molecule has 0 spiro atoms. The van der Waals surface area contributed by atoms with Gasteiger partial charge in [0.1, 0.15) is 5.75 Å². The van der Waals surface area contributed by atoms with E-state index in [-0.39, 0.29) is 11.1 Å². The van der Waals surface area contributed by atoms with Crippen LogP contribution in [0.5, 0.6) is 5.75 Å². The monoisotopic (exact) mass is 762 g/mol. The van der Waals surface area contributed by atoms with E-state index in [9.17, 15) is 0 Å². The molecule has 7 aromatic carbocycles. The molecule has 0 radical (unpaired) electrons. The van der Waals surface area contributed by atoms with E-state index in [0.717, 1.165) is 35.4 Å². The lowest BCUT2D eigenvalue weighted by molar-refractivity contribution is -0.795. The first-order chi connectivity index (χ1) is 28.8. The van der Waals surface area contributed by atoms with E-state index in [1.165, 1.54) is 88.3 Å². The number of ether oxygens (including phenoxy) is 1. The van der Waals surface area contributed by atoms with Gasteiger partial charge in [-0.1, -0.05) is 100 Å². The van der Waals surface area contributed by atoms with Gasteiger partial charge < -0.3 is 14.3 Å². The largest absolute Gasteiger partial charge is 0.430 e. The maximum atomic E-state index is 6.80. The summed E-state index contributed by atoms with van der Waals surface area (Å²) >= 11 is 0. The summed E-state index contributed by atoms with van der Waals surface area (Å²) < 4.78 is 11.6. The van der Waals surface area contributed by atoms with Crippen LogP contribution in [0.2, 0.25) is 0 Å². The second-order valence-corrected chi connectivity index (χ2v) is 17.1. The van der Waals surface area contributed by atoms with Crippen molar-refractivity contribution in [1.82, 2.24) is 9.55 Å². The van der Waals surface area contributed by atoms with E-state index in [2.05, 4.69) is 206 Å². The van der Waals surface area contributed by atoms with E-state index in [1.807, 2.05) is 0 Å². The molecule has 0 saturated carbocycles. The fourth-order valence-electron chi connectivity index (χ4n) is 10.5. The van der Waals surface area contributed by atoms with Crippen molar-refractivity contribution >= 4 is 43.6 Å². The molecule has 12 rings (SSSR count). The summed E-state index contributed by atoms with van der Waals surface area (Å²) in [5.74, 6) is 0.946. The molecule has 59 heavy (non-hydrogen) atoms. The van der Waals surface area contributed by atoms with Gasteiger partial charge in [-0.15, -0.1) is 0 Å². The molecule has 284 valence electrons. The standard InChI is InChI=1S/C55H44N3O/c1-5-55(6-2)57-27-13-12-18-50(57)45-30-36(22-26-53(45)59-55)35-21-25-51-44(29-35)40-23-19-37(31-52(40)58(51)38-14-8-7-9-15-38)34-20-24-48-42(28-34)43-32-41-39-16-10-11-17-46(39)54(3,4)47(41)33-49(43)56-48/h7-33,56H,5-6H2,1-4H3/q+1. The molecule has 4 nitrogen and oxygen atoms in total. The summed E-state index contributed by atoms with van der Waals surface area (Å²) in [5, 5.41) is 4.99. The molecule has 0 fully saturated rings. The average Bonchev–Trinajstić information content (AvgIpc) is 3.89. The third-order valence-corrected chi connectivity index (χ3v) is 13.7. The van der Waals surface area contributed by atoms with E-state index >= 15 is 0 Å². The Morgan fingerprint density at radius 3 is 2.07 bits per heavy atom. The van der Waals surface area contributed by atoms with Gasteiger partial charge in [-0.25, -0.2) is 0 Å². The smallest absolute Gasteiger partial charge is 0.311 e. The predicted octanol–water partition coefficient (Wildman–Crippen LogP) is 13.9. The highest BCUT2D eigenvalue weighted by molar-refractivity contribution is 6.13. The molecule has 0 atom stereocenters. The molecule has 4 heteroatoms. The van der Waals surface area contributed by atoms with Gasteiger partial charge in [0.15, 0.2) is 6.20 Å².